The number of nitrogens with one attached hydrogen (secondary N) is 3. The van der Waals surface area contributed by atoms with Crippen molar-refractivity contribution >= 4 is 75.4 Å². The Morgan fingerprint density at radius 2 is 0.617 bits per heavy atom. The van der Waals surface area contributed by atoms with Crippen LogP contribution in [0.15, 0.2) is 97.1 Å². The van der Waals surface area contributed by atoms with Crippen LogP contribution in [0.5, 0.6) is 23.0 Å². The average molecular weight is 696 g/mol. The fourth-order valence-corrected chi connectivity index (χ4v) is 3.95. The van der Waals surface area contributed by atoms with Crippen molar-refractivity contribution in [2.45, 2.75) is 0 Å². The second-order valence-electron chi connectivity index (χ2n) is 9.06. The van der Waals surface area contributed by atoms with E-state index in [1.165, 1.54) is 0 Å². The highest BCUT2D eigenvalue weighted by Gasteiger charge is 2.09. The van der Waals surface area contributed by atoms with Crippen molar-refractivity contribution in [3.05, 3.63) is 113 Å². The predicted octanol–water partition coefficient (Wildman–Crippen LogP) is 7.03. The molecule has 0 bridgehead atoms. The molecule has 0 unspecified atom stereocenters. The first kappa shape index (κ1) is 34.1. The maximum absolute atomic E-state index is 9.45. The van der Waals surface area contributed by atoms with E-state index < -0.39 is 0 Å². The second-order valence-corrected chi connectivity index (χ2v) is 10.1. The number of halogens is 3. The van der Waals surface area contributed by atoms with E-state index in [1.54, 1.807) is 97.1 Å². The summed E-state index contributed by atoms with van der Waals surface area (Å²) in [5.74, 6) is 1.54. The third kappa shape index (κ3) is 11.9. The number of nitrogen functional groups attached to an aromatic ring is 1. The van der Waals surface area contributed by atoms with Gasteiger partial charge >= 0.3 is 0 Å². The van der Waals surface area contributed by atoms with Gasteiger partial charge in [-0.25, -0.2) is 0 Å². The van der Waals surface area contributed by atoms with Gasteiger partial charge in [-0.1, -0.05) is 0 Å². The van der Waals surface area contributed by atoms with Crippen molar-refractivity contribution in [3.8, 4) is 23.0 Å². The number of nitrogens with two attached hydrogens (primary N) is 1. The van der Waals surface area contributed by atoms with Gasteiger partial charge in [-0.15, -0.1) is 0 Å². The minimum absolute atomic E-state index is 0.000000000000000444. The molecule has 0 spiro atoms. The number of aromatic hydroxyl groups is 4. The standard InChI is InChI=1S/C21H18N6O3.C6H7NO.C3Cl3N3/c28-16-7-1-13(2-8-16)22-19-25-20(23-14-3-9-17(29)10-4-14)27-21(26-19)24-15-5-11-18(30)12-6-15;7-5-1-3-6(8)4-2-5;4-1-7-2(5)9-3(6)8-1/h1-12,28-30H,(H3,22,23,24,25,26,27);1-4,8H,7H2;. The lowest BCUT2D eigenvalue weighted by Gasteiger charge is -2.12. The van der Waals surface area contributed by atoms with Crippen molar-refractivity contribution in [2.75, 3.05) is 21.7 Å². The molecule has 14 nitrogen and oxygen atoms in total. The summed E-state index contributed by atoms with van der Waals surface area (Å²) in [6.07, 6.45) is 0. The Bertz CT molecular complexity index is 1660. The fourth-order valence-electron chi connectivity index (χ4n) is 3.34. The summed E-state index contributed by atoms with van der Waals surface area (Å²) >= 11 is 16.0. The number of hydrogen-bond acceptors (Lipinski definition) is 14. The predicted molar refractivity (Wildman–Crippen MR) is 181 cm³/mol. The average Bonchev–Trinajstić information content (AvgIpc) is 3.02. The van der Waals surface area contributed by atoms with Gasteiger partial charge in [0.05, 0.1) is 0 Å². The molecular formula is C30H25Cl3N10O4. The minimum Gasteiger partial charge on any atom is -0.508 e. The highest BCUT2D eigenvalue weighted by molar-refractivity contribution is 6.33. The van der Waals surface area contributed by atoms with E-state index >= 15 is 0 Å². The number of phenolic OH excluding ortho intramolecular Hbond substituents is 4. The molecule has 47 heavy (non-hydrogen) atoms. The van der Waals surface area contributed by atoms with E-state index in [0.29, 0.717) is 22.7 Å². The van der Waals surface area contributed by atoms with Gasteiger partial charge in [-0.2, -0.15) is 29.9 Å². The summed E-state index contributed by atoms with van der Waals surface area (Å²) in [6.45, 7) is 0. The summed E-state index contributed by atoms with van der Waals surface area (Å²) < 4.78 is 0. The molecule has 0 fully saturated rings. The zero-order valence-corrected chi connectivity index (χ0v) is 26.2. The summed E-state index contributed by atoms with van der Waals surface area (Å²) in [4.78, 5) is 23.5. The van der Waals surface area contributed by atoms with Crippen LogP contribution in [0.1, 0.15) is 0 Å². The molecule has 0 atom stereocenters. The van der Waals surface area contributed by atoms with Crippen LogP contribution in [-0.4, -0.2) is 50.3 Å². The Labute approximate surface area is 282 Å². The molecule has 0 saturated heterocycles. The minimum atomic E-state index is 0.000000000000000444. The van der Waals surface area contributed by atoms with E-state index in [1.807, 2.05) is 0 Å². The molecule has 0 radical (unpaired) electrons. The molecular weight excluding hydrogens is 671 g/mol. The largest absolute Gasteiger partial charge is 0.508 e. The van der Waals surface area contributed by atoms with Crippen molar-refractivity contribution in [1.29, 1.82) is 0 Å². The monoisotopic (exact) mass is 694 g/mol. The molecule has 2 heterocycles. The molecule has 0 aliphatic rings. The normalized spacial score (nSPS) is 10.0. The molecule has 2 aromatic heterocycles. The molecule has 0 amide bonds. The van der Waals surface area contributed by atoms with E-state index in [9.17, 15) is 15.3 Å². The molecule has 6 aromatic rings. The number of aromatic nitrogens is 6. The van der Waals surface area contributed by atoms with E-state index in [2.05, 4.69) is 45.9 Å². The van der Waals surface area contributed by atoms with Gasteiger partial charge in [0.2, 0.25) is 33.7 Å². The van der Waals surface area contributed by atoms with Crippen molar-refractivity contribution < 1.29 is 20.4 Å². The third-order valence-electron chi connectivity index (χ3n) is 5.45. The number of phenols is 4. The first-order chi connectivity index (χ1) is 22.5. The number of rotatable bonds is 6. The Morgan fingerprint density at radius 1 is 0.383 bits per heavy atom. The lowest BCUT2D eigenvalue weighted by molar-refractivity contribution is 0.475. The van der Waals surface area contributed by atoms with Gasteiger partial charge in [-0.05, 0) is 132 Å². The number of benzene rings is 4. The Balaban J connectivity index is 0.000000238. The Morgan fingerprint density at radius 3 is 0.851 bits per heavy atom. The first-order valence-electron chi connectivity index (χ1n) is 13.2. The van der Waals surface area contributed by atoms with Crippen molar-refractivity contribution in [2.24, 2.45) is 0 Å². The van der Waals surface area contributed by atoms with Crippen LogP contribution in [0.25, 0.3) is 0 Å². The molecule has 240 valence electrons. The second kappa shape index (κ2) is 16.5. The van der Waals surface area contributed by atoms with Crippen LogP contribution in [0, 0.1) is 0 Å². The van der Waals surface area contributed by atoms with Crippen LogP contribution in [0.4, 0.5) is 40.6 Å². The van der Waals surface area contributed by atoms with Crippen LogP contribution < -0.4 is 21.7 Å². The topological polar surface area (TPSA) is 220 Å². The number of hydrogen-bond donors (Lipinski definition) is 8. The SMILES string of the molecule is Clc1nc(Cl)nc(Cl)n1.Nc1ccc(O)cc1.Oc1ccc(Nc2nc(Nc3ccc(O)cc3)nc(Nc3ccc(O)cc3)n2)cc1. The molecule has 6 rings (SSSR count). The van der Waals surface area contributed by atoms with Gasteiger partial charge < -0.3 is 42.1 Å². The summed E-state index contributed by atoms with van der Waals surface area (Å²) in [5.41, 5.74) is 8.04. The molecule has 9 N–H and O–H groups in total. The smallest absolute Gasteiger partial charge is 0.233 e. The summed E-state index contributed by atoms with van der Waals surface area (Å²) in [5, 5.41) is 46.3. The van der Waals surface area contributed by atoms with E-state index in [0.717, 1.165) is 0 Å². The molecule has 17 heteroatoms. The maximum atomic E-state index is 9.45. The van der Waals surface area contributed by atoms with Gasteiger partial charge in [0.1, 0.15) is 23.0 Å². The fraction of sp³-hybridized carbons (Fsp3) is 0. The van der Waals surface area contributed by atoms with Crippen molar-refractivity contribution in [1.82, 2.24) is 29.9 Å². The first-order valence-corrected chi connectivity index (χ1v) is 14.4. The van der Waals surface area contributed by atoms with Crippen LogP contribution >= 0.6 is 34.8 Å². The highest BCUT2D eigenvalue weighted by atomic mass is 35.5. The molecule has 0 aliphatic heterocycles. The quantitative estimate of drug-likeness (QED) is 0.0648. The molecule has 0 saturated carbocycles. The number of anilines is 7. The van der Waals surface area contributed by atoms with Crippen molar-refractivity contribution in [3.63, 3.8) is 0 Å². The molecule has 0 aliphatic carbocycles. The Kier molecular flexibility index (Phi) is 11.9. The maximum Gasteiger partial charge on any atom is 0.233 e. The van der Waals surface area contributed by atoms with E-state index in [4.69, 9.17) is 45.6 Å². The zero-order valence-electron chi connectivity index (χ0n) is 23.9. The van der Waals surface area contributed by atoms with Crippen LogP contribution in [0.2, 0.25) is 15.9 Å². The molecule has 4 aromatic carbocycles. The van der Waals surface area contributed by atoms with Crippen LogP contribution in [0.3, 0.4) is 0 Å². The van der Waals surface area contributed by atoms with Gasteiger partial charge in [0, 0.05) is 22.7 Å². The van der Waals surface area contributed by atoms with Gasteiger partial charge in [0.25, 0.3) is 0 Å². The highest BCUT2D eigenvalue weighted by Crippen LogP contribution is 2.23. The van der Waals surface area contributed by atoms with Gasteiger partial charge in [-0.3, -0.25) is 0 Å². The third-order valence-corrected chi connectivity index (χ3v) is 5.96. The lowest BCUT2D eigenvalue weighted by atomic mass is 10.3. The Hall–Kier alpha value is -5.83. The lowest BCUT2D eigenvalue weighted by Crippen LogP contribution is -2.07. The van der Waals surface area contributed by atoms with Gasteiger partial charge in [0.15, 0.2) is 0 Å². The summed E-state index contributed by atoms with van der Waals surface area (Å²) in [7, 11) is 0. The van der Waals surface area contributed by atoms with Crippen LogP contribution in [-0.2, 0) is 0 Å². The summed E-state index contributed by atoms with van der Waals surface area (Å²) in [6, 6.07) is 25.9. The van der Waals surface area contributed by atoms with E-state index in [-0.39, 0.29) is 56.7 Å². The number of nitrogens with zero attached hydrogens (tertiary/aromatic N) is 6. The zero-order chi connectivity index (χ0) is 33.8.